The average Bonchev–Trinajstić information content (AvgIpc) is 2.68. The second kappa shape index (κ2) is 8.08. The van der Waals surface area contributed by atoms with E-state index in [1.165, 1.54) is 12.3 Å². The number of hydrogen-bond acceptors (Lipinski definition) is 3. The standard InChI is InChI=1S/C22H19NO2/c24-22(15-16-23(25)17-18-7-3-1-4-8-18)21-13-11-20(12-14-21)19-9-5-2-6-10-19/h1-16,25H,17H2/b16-15+. The molecule has 0 unspecified atom stereocenters. The van der Waals surface area contributed by atoms with Crippen molar-refractivity contribution in [1.82, 2.24) is 5.06 Å². The molecule has 3 aromatic carbocycles. The molecule has 0 aliphatic rings. The van der Waals surface area contributed by atoms with E-state index in [0.29, 0.717) is 12.1 Å². The number of allylic oxidation sites excluding steroid dienone is 1. The van der Waals surface area contributed by atoms with Gasteiger partial charge in [-0.2, -0.15) is 0 Å². The number of hydroxylamine groups is 2. The Bertz CT molecular complexity index is 840. The largest absolute Gasteiger partial charge is 0.289 e. The van der Waals surface area contributed by atoms with Gasteiger partial charge in [0.15, 0.2) is 5.78 Å². The number of benzene rings is 3. The molecule has 1 N–H and O–H groups in total. The highest BCUT2D eigenvalue weighted by molar-refractivity contribution is 6.04. The van der Waals surface area contributed by atoms with Crippen molar-refractivity contribution in [3.05, 3.63) is 108 Å². The zero-order valence-electron chi connectivity index (χ0n) is 13.7. The Morgan fingerprint density at radius 3 is 2.00 bits per heavy atom. The van der Waals surface area contributed by atoms with Gasteiger partial charge in [0.25, 0.3) is 0 Å². The van der Waals surface area contributed by atoms with E-state index in [-0.39, 0.29) is 5.78 Å². The molecule has 0 atom stereocenters. The minimum Gasteiger partial charge on any atom is -0.289 e. The first-order chi connectivity index (χ1) is 12.2. The van der Waals surface area contributed by atoms with Gasteiger partial charge in [0.2, 0.25) is 0 Å². The number of nitrogens with zero attached hydrogens (tertiary/aromatic N) is 1. The summed E-state index contributed by atoms with van der Waals surface area (Å²) in [5.41, 5.74) is 3.73. The molecule has 0 aliphatic heterocycles. The molecule has 3 aromatic rings. The summed E-state index contributed by atoms with van der Waals surface area (Å²) in [7, 11) is 0. The van der Waals surface area contributed by atoms with Gasteiger partial charge in [-0.25, -0.2) is 0 Å². The lowest BCUT2D eigenvalue weighted by atomic mass is 10.0. The number of carbonyl (C=O) groups is 1. The highest BCUT2D eigenvalue weighted by Crippen LogP contribution is 2.19. The summed E-state index contributed by atoms with van der Waals surface area (Å²) in [5, 5.41) is 10.9. The Balaban J connectivity index is 1.63. The Kier molecular flexibility index (Phi) is 5.39. The van der Waals surface area contributed by atoms with Gasteiger partial charge in [0.05, 0.1) is 6.54 Å². The fourth-order valence-corrected chi connectivity index (χ4v) is 2.53. The summed E-state index contributed by atoms with van der Waals surface area (Å²) in [5.74, 6) is -0.147. The van der Waals surface area contributed by atoms with Crippen molar-refractivity contribution in [3.63, 3.8) is 0 Å². The normalized spacial score (nSPS) is 10.8. The van der Waals surface area contributed by atoms with Crippen LogP contribution in [0.3, 0.4) is 0 Å². The highest BCUT2D eigenvalue weighted by Gasteiger charge is 2.04. The average molecular weight is 329 g/mol. The monoisotopic (exact) mass is 329 g/mol. The van der Waals surface area contributed by atoms with Crippen molar-refractivity contribution in [2.24, 2.45) is 0 Å². The third-order valence-corrected chi connectivity index (χ3v) is 3.86. The van der Waals surface area contributed by atoms with Crippen LogP contribution in [0.1, 0.15) is 15.9 Å². The van der Waals surface area contributed by atoms with Gasteiger partial charge in [0, 0.05) is 17.8 Å². The van der Waals surface area contributed by atoms with E-state index in [1.807, 2.05) is 72.8 Å². The number of rotatable bonds is 6. The van der Waals surface area contributed by atoms with Crippen LogP contribution in [0.15, 0.2) is 97.2 Å². The number of carbonyl (C=O) groups excluding carboxylic acids is 1. The quantitative estimate of drug-likeness (QED) is 0.395. The first-order valence-electron chi connectivity index (χ1n) is 8.10. The van der Waals surface area contributed by atoms with Crippen molar-refractivity contribution < 1.29 is 10.0 Å². The van der Waals surface area contributed by atoms with E-state index < -0.39 is 0 Å². The summed E-state index contributed by atoms with van der Waals surface area (Å²) in [6.07, 6.45) is 2.76. The number of ketones is 1. The van der Waals surface area contributed by atoms with Crippen molar-refractivity contribution in [1.29, 1.82) is 0 Å². The third-order valence-electron chi connectivity index (χ3n) is 3.86. The Morgan fingerprint density at radius 2 is 1.36 bits per heavy atom. The lowest BCUT2D eigenvalue weighted by Gasteiger charge is -2.11. The van der Waals surface area contributed by atoms with Crippen LogP contribution < -0.4 is 0 Å². The van der Waals surface area contributed by atoms with Crippen LogP contribution >= 0.6 is 0 Å². The maximum absolute atomic E-state index is 12.2. The van der Waals surface area contributed by atoms with Crippen LogP contribution in [0.5, 0.6) is 0 Å². The first-order valence-corrected chi connectivity index (χ1v) is 8.10. The van der Waals surface area contributed by atoms with Gasteiger partial charge in [-0.05, 0) is 16.7 Å². The predicted octanol–water partition coefficient (Wildman–Crippen LogP) is 4.94. The first kappa shape index (κ1) is 16.7. The lowest BCUT2D eigenvalue weighted by molar-refractivity contribution is -0.0491. The van der Waals surface area contributed by atoms with Crippen molar-refractivity contribution in [2.75, 3.05) is 0 Å². The minimum absolute atomic E-state index is 0.147. The summed E-state index contributed by atoms with van der Waals surface area (Å²) in [6.45, 7) is 0.331. The molecule has 3 nitrogen and oxygen atoms in total. The molecule has 124 valence electrons. The molecular formula is C22H19NO2. The summed E-state index contributed by atoms with van der Waals surface area (Å²) >= 11 is 0. The molecule has 3 rings (SSSR count). The van der Waals surface area contributed by atoms with Gasteiger partial charge < -0.3 is 0 Å². The molecule has 0 saturated carbocycles. The third kappa shape index (κ3) is 4.66. The second-order valence-corrected chi connectivity index (χ2v) is 5.71. The van der Waals surface area contributed by atoms with E-state index >= 15 is 0 Å². The molecule has 3 heteroatoms. The topological polar surface area (TPSA) is 40.5 Å². The molecule has 0 spiro atoms. The van der Waals surface area contributed by atoms with Crippen LogP contribution in [-0.2, 0) is 6.54 Å². The SMILES string of the molecule is O=C(/C=C/N(O)Cc1ccccc1)c1ccc(-c2ccccc2)cc1. The Hall–Kier alpha value is -3.17. The fraction of sp³-hybridized carbons (Fsp3) is 0.0455. The van der Waals surface area contributed by atoms with Crippen molar-refractivity contribution in [2.45, 2.75) is 6.54 Å². The molecule has 0 fully saturated rings. The van der Waals surface area contributed by atoms with Gasteiger partial charge in [-0.3, -0.25) is 15.1 Å². The van der Waals surface area contributed by atoms with Crippen molar-refractivity contribution >= 4 is 5.78 Å². The molecule has 0 bridgehead atoms. The highest BCUT2D eigenvalue weighted by atomic mass is 16.5. The van der Waals surface area contributed by atoms with Crippen LogP contribution in [0, 0.1) is 0 Å². The van der Waals surface area contributed by atoms with E-state index in [9.17, 15) is 10.0 Å². The van der Waals surface area contributed by atoms with Crippen LogP contribution in [0.25, 0.3) is 11.1 Å². The molecule has 0 aromatic heterocycles. The minimum atomic E-state index is -0.147. The molecule has 0 heterocycles. The van der Waals surface area contributed by atoms with Gasteiger partial charge >= 0.3 is 0 Å². The Labute approximate surface area is 147 Å². The zero-order chi connectivity index (χ0) is 17.5. The molecule has 0 saturated heterocycles. The maximum atomic E-state index is 12.2. The smallest absolute Gasteiger partial charge is 0.187 e. The van der Waals surface area contributed by atoms with Gasteiger partial charge in [-0.1, -0.05) is 84.9 Å². The van der Waals surface area contributed by atoms with Gasteiger partial charge in [-0.15, -0.1) is 0 Å². The molecule has 0 radical (unpaired) electrons. The summed E-state index contributed by atoms with van der Waals surface area (Å²) in [6, 6.07) is 27.0. The molecule has 25 heavy (non-hydrogen) atoms. The predicted molar refractivity (Wildman–Crippen MR) is 99.1 cm³/mol. The molecular weight excluding hydrogens is 310 g/mol. The van der Waals surface area contributed by atoms with Crippen LogP contribution in [-0.4, -0.2) is 16.1 Å². The van der Waals surface area contributed by atoms with E-state index in [2.05, 4.69) is 0 Å². The Morgan fingerprint density at radius 1 is 0.800 bits per heavy atom. The lowest BCUT2D eigenvalue weighted by Crippen LogP contribution is -2.11. The van der Waals surface area contributed by atoms with Crippen LogP contribution in [0.2, 0.25) is 0 Å². The van der Waals surface area contributed by atoms with E-state index in [0.717, 1.165) is 21.8 Å². The summed E-state index contributed by atoms with van der Waals surface area (Å²) < 4.78 is 0. The molecule has 0 aliphatic carbocycles. The van der Waals surface area contributed by atoms with Gasteiger partial charge in [0.1, 0.15) is 0 Å². The number of hydrogen-bond donors (Lipinski definition) is 1. The summed E-state index contributed by atoms with van der Waals surface area (Å²) in [4.78, 5) is 12.2. The second-order valence-electron chi connectivity index (χ2n) is 5.71. The zero-order valence-corrected chi connectivity index (χ0v) is 13.7. The molecule has 0 amide bonds. The maximum Gasteiger partial charge on any atom is 0.187 e. The van der Waals surface area contributed by atoms with Crippen molar-refractivity contribution in [3.8, 4) is 11.1 Å². The van der Waals surface area contributed by atoms with E-state index in [1.54, 1.807) is 12.1 Å². The van der Waals surface area contributed by atoms with E-state index in [4.69, 9.17) is 0 Å². The fourth-order valence-electron chi connectivity index (χ4n) is 2.53. The van der Waals surface area contributed by atoms with Crippen LogP contribution in [0.4, 0.5) is 0 Å².